The topological polar surface area (TPSA) is 72.2 Å². The maximum atomic E-state index is 13.2. The lowest BCUT2D eigenvalue weighted by atomic mass is 9.96. The normalized spacial score (nSPS) is 12.0. The summed E-state index contributed by atoms with van der Waals surface area (Å²) < 4.78 is 0. The molecule has 0 spiro atoms. The summed E-state index contributed by atoms with van der Waals surface area (Å²) in [5, 5.41) is 6.62. The minimum Gasteiger partial charge on any atom is -0.368 e. The molecule has 29 heavy (non-hydrogen) atoms. The number of carbonyl (C=O) groups excluding carboxylic acids is 2. The van der Waals surface area contributed by atoms with Gasteiger partial charge in [0.2, 0.25) is 5.91 Å². The van der Waals surface area contributed by atoms with Gasteiger partial charge in [0, 0.05) is 0 Å². The second kappa shape index (κ2) is 9.87. The SMILES string of the molecule is C=CCCCCCC[C@H](NC(=O)c1c2ccccc2cc2ccccc12)C(N)=O. The van der Waals surface area contributed by atoms with E-state index >= 15 is 0 Å². The zero-order chi connectivity index (χ0) is 20.6. The van der Waals surface area contributed by atoms with Crippen LogP contribution < -0.4 is 11.1 Å². The van der Waals surface area contributed by atoms with Crippen molar-refractivity contribution in [2.75, 3.05) is 0 Å². The first-order chi connectivity index (χ1) is 14.1. The lowest BCUT2D eigenvalue weighted by Gasteiger charge is -2.17. The minimum absolute atomic E-state index is 0.256. The van der Waals surface area contributed by atoms with Crippen LogP contribution in [0.25, 0.3) is 21.5 Å². The maximum absolute atomic E-state index is 13.2. The van der Waals surface area contributed by atoms with Crippen LogP contribution in [-0.2, 0) is 4.79 Å². The highest BCUT2D eigenvalue weighted by atomic mass is 16.2. The molecule has 0 radical (unpaired) electrons. The third kappa shape index (κ3) is 5.02. The molecule has 3 rings (SSSR count). The van der Waals surface area contributed by atoms with Gasteiger partial charge in [0.25, 0.3) is 5.91 Å². The van der Waals surface area contributed by atoms with Crippen LogP contribution >= 0.6 is 0 Å². The van der Waals surface area contributed by atoms with Gasteiger partial charge in [-0.15, -0.1) is 6.58 Å². The molecule has 1 atom stereocenters. The number of unbranched alkanes of at least 4 members (excludes halogenated alkanes) is 4. The third-order valence-electron chi connectivity index (χ3n) is 5.30. The zero-order valence-corrected chi connectivity index (χ0v) is 16.7. The molecule has 0 aliphatic heterocycles. The Labute approximate surface area is 171 Å². The Bertz CT molecular complexity index is 972. The zero-order valence-electron chi connectivity index (χ0n) is 16.7. The van der Waals surface area contributed by atoms with Gasteiger partial charge >= 0.3 is 0 Å². The smallest absolute Gasteiger partial charge is 0.253 e. The fourth-order valence-corrected chi connectivity index (χ4v) is 3.76. The summed E-state index contributed by atoms with van der Waals surface area (Å²) in [6, 6.07) is 17.0. The van der Waals surface area contributed by atoms with Crippen molar-refractivity contribution in [2.24, 2.45) is 5.73 Å². The molecule has 3 aromatic rings. The molecule has 2 amide bonds. The average Bonchev–Trinajstić information content (AvgIpc) is 2.73. The van der Waals surface area contributed by atoms with Crippen molar-refractivity contribution in [1.82, 2.24) is 5.32 Å². The van der Waals surface area contributed by atoms with Gasteiger partial charge in [-0.2, -0.15) is 0 Å². The Morgan fingerprint density at radius 2 is 1.52 bits per heavy atom. The lowest BCUT2D eigenvalue weighted by Crippen LogP contribution is -2.44. The van der Waals surface area contributed by atoms with Gasteiger partial charge in [0.05, 0.1) is 5.56 Å². The fraction of sp³-hybridized carbons (Fsp3) is 0.280. The fourth-order valence-electron chi connectivity index (χ4n) is 3.76. The Hall–Kier alpha value is -3.14. The number of amides is 2. The minimum atomic E-state index is -0.667. The van der Waals surface area contributed by atoms with E-state index in [4.69, 9.17) is 5.73 Å². The van der Waals surface area contributed by atoms with Crippen LogP contribution in [0.15, 0.2) is 67.3 Å². The van der Waals surface area contributed by atoms with Crippen LogP contribution in [0.3, 0.4) is 0 Å². The van der Waals surface area contributed by atoms with Crippen molar-refractivity contribution >= 4 is 33.4 Å². The largest absolute Gasteiger partial charge is 0.368 e. The van der Waals surface area contributed by atoms with Crippen LogP contribution in [0.2, 0.25) is 0 Å². The summed E-state index contributed by atoms with van der Waals surface area (Å²) in [6.07, 6.45) is 7.51. The van der Waals surface area contributed by atoms with Crippen molar-refractivity contribution in [1.29, 1.82) is 0 Å². The van der Waals surface area contributed by atoms with Crippen molar-refractivity contribution in [2.45, 2.75) is 44.6 Å². The monoisotopic (exact) mass is 388 g/mol. The summed E-state index contributed by atoms with van der Waals surface area (Å²) in [7, 11) is 0. The molecule has 0 heterocycles. The Balaban J connectivity index is 1.81. The van der Waals surface area contributed by atoms with E-state index in [9.17, 15) is 9.59 Å². The number of nitrogens with one attached hydrogen (secondary N) is 1. The molecular formula is C25H28N2O2. The molecule has 0 saturated heterocycles. The number of hydrogen-bond acceptors (Lipinski definition) is 2. The highest BCUT2D eigenvalue weighted by Gasteiger charge is 2.21. The Morgan fingerprint density at radius 3 is 2.10 bits per heavy atom. The first kappa shape index (κ1) is 20.6. The summed E-state index contributed by atoms with van der Waals surface area (Å²) in [6.45, 7) is 3.73. The molecular weight excluding hydrogens is 360 g/mol. The number of allylic oxidation sites excluding steroid dienone is 1. The van der Waals surface area contributed by atoms with Gasteiger partial charge in [-0.05, 0) is 46.9 Å². The quantitative estimate of drug-likeness (QED) is 0.288. The molecule has 0 aliphatic carbocycles. The molecule has 0 aromatic heterocycles. The number of hydrogen-bond donors (Lipinski definition) is 2. The number of rotatable bonds is 10. The number of fused-ring (bicyclic) bond motifs is 2. The van der Waals surface area contributed by atoms with E-state index in [-0.39, 0.29) is 5.91 Å². The molecule has 3 N–H and O–H groups in total. The first-order valence-electron chi connectivity index (χ1n) is 10.2. The standard InChI is InChI=1S/C25H28N2O2/c1-2-3-4-5-6-7-16-22(24(26)28)27-25(29)23-20-14-10-8-12-18(20)17-19-13-9-11-15-21(19)23/h2,8-15,17,22H,1,3-7,16H2,(H2,26,28)(H,27,29)/t22-/m0/s1. The predicted molar refractivity (Wildman–Crippen MR) is 120 cm³/mol. The lowest BCUT2D eigenvalue weighted by molar-refractivity contribution is -0.120. The van der Waals surface area contributed by atoms with Gasteiger partial charge in [-0.1, -0.05) is 73.9 Å². The van der Waals surface area contributed by atoms with Gasteiger partial charge in [0.1, 0.15) is 6.04 Å². The summed E-state index contributed by atoms with van der Waals surface area (Å²) >= 11 is 0. The second-order valence-electron chi connectivity index (χ2n) is 7.40. The number of benzene rings is 3. The molecule has 0 aliphatic rings. The van der Waals surface area contributed by atoms with E-state index in [0.29, 0.717) is 12.0 Å². The molecule has 4 nitrogen and oxygen atoms in total. The van der Waals surface area contributed by atoms with Gasteiger partial charge < -0.3 is 11.1 Å². The van der Waals surface area contributed by atoms with E-state index in [0.717, 1.165) is 53.6 Å². The molecule has 0 fully saturated rings. The highest BCUT2D eigenvalue weighted by molar-refractivity contribution is 6.18. The van der Waals surface area contributed by atoms with Crippen molar-refractivity contribution < 1.29 is 9.59 Å². The predicted octanol–water partition coefficient (Wildman–Crippen LogP) is 5.10. The molecule has 150 valence electrons. The van der Waals surface area contributed by atoms with E-state index in [2.05, 4.69) is 18.0 Å². The maximum Gasteiger partial charge on any atom is 0.253 e. The molecule has 0 unspecified atom stereocenters. The van der Waals surface area contributed by atoms with Crippen LogP contribution in [0.5, 0.6) is 0 Å². The first-order valence-corrected chi connectivity index (χ1v) is 10.2. The van der Waals surface area contributed by atoms with Crippen LogP contribution in [0.4, 0.5) is 0 Å². The molecule has 3 aromatic carbocycles. The second-order valence-corrected chi connectivity index (χ2v) is 7.40. The third-order valence-corrected chi connectivity index (χ3v) is 5.30. The summed E-state index contributed by atoms with van der Waals surface area (Å²) in [4.78, 5) is 25.2. The molecule has 0 saturated carbocycles. The van der Waals surface area contributed by atoms with Crippen LogP contribution in [0, 0.1) is 0 Å². The van der Waals surface area contributed by atoms with Crippen molar-refractivity contribution in [3.05, 3.63) is 72.8 Å². The van der Waals surface area contributed by atoms with Crippen LogP contribution in [-0.4, -0.2) is 17.9 Å². The average molecular weight is 389 g/mol. The Morgan fingerprint density at radius 1 is 0.931 bits per heavy atom. The van der Waals surface area contributed by atoms with E-state index in [1.807, 2.05) is 54.6 Å². The van der Waals surface area contributed by atoms with E-state index in [1.165, 1.54) is 0 Å². The summed E-state index contributed by atoms with van der Waals surface area (Å²) in [5.74, 6) is -0.748. The van der Waals surface area contributed by atoms with E-state index in [1.54, 1.807) is 0 Å². The molecule has 0 bridgehead atoms. The van der Waals surface area contributed by atoms with Crippen LogP contribution in [0.1, 0.15) is 48.9 Å². The van der Waals surface area contributed by atoms with Gasteiger partial charge in [-0.25, -0.2) is 0 Å². The number of nitrogens with two attached hydrogens (primary N) is 1. The Kier molecular flexibility index (Phi) is 7.01. The summed E-state index contributed by atoms with van der Waals surface area (Å²) in [5.41, 5.74) is 6.18. The van der Waals surface area contributed by atoms with E-state index < -0.39 is 11.9 Å². The van der Waals surface area contributed by atoms with Crippen molar-refractivity contribution in [3.8, 4) is 0 Å². The molecule has 4 heteroatoms. The van der Waals surface area contributed by atoms with Crippen molar-refractivity contribution in [3.63, 3.8) is 0 Å². The van der Waals surface area contributed by atoms with Gasteiger partial charge in [-0.3, -0.25) is 9.59 Å². The van der Waals surface area contributed by atoms with Gasteiger partial charge in [0.15, 0.2) is 0 Å². The number of carbonyl (C=O) groups is 2. The number of primary amides is 1. The highest BCUT2D eigenvalue weighted by Crippen LogP contribution is 2.28.